The molecule has 0 atom stereocenters. The van der Waals surface area contributed by atoms with Crippen LogP contribution < -0.4 is 19.6 Å². The van der Waals surface area contributed by atoms with Gasteiger partial charge in [0.2, 0.25) is 0 Å². The van der Waals surface area contributed by atoms with Crippen LogP contribution in [0.5, 0.6) is 0 Å². The van der Waals surface area contributed by atoms with Crippen molar-refractivity contribution in [3.8, 4) is 97.4 Å². The molecule has 4 aromatic heterocycles. The normalized spacial score (nSPS) is 11.4. The molecule has 586 valence electrons. The molecule has 0 bridgehead atoms. The maximum Gasteiger partial charge on any atom is 0.143 e. The number of fused-ring (bicyclic) bond motifs is 6. The molecule has 0 aliphatic carbocycles. The third kappa shape index (κ3) is 14.5. The highest BCUT2D eigenvalue weighted by atomic mass is 32.1. The number of rotatable bonds is 21. The van der Waals surface area contributed by atoms with Crippen LogP contribution in [0.15, 0.2) is 482 Å². The summed E-state index contributed by atoms with van der Waals surface area (Å²) in [7, 11) is 0. The summed E-state index contributed by atoms with van der Waals surface area (Å²) in [4.78, 5) is 14.4. The van der Waals surface area contributed by atoms with Gasteiger partial charge in [0.05, 0.1) is 0 Å². The maximum absolute atomic E-state index is 6.57. The van der Waals surface area contributed by atoms with Crippen LogP contribution in [0, 0.1) is 0 Å². The van der Waals surface area contributed by atoms with Gasteiger partial charge in [0, 0.05) is 120 Å². The highest BCUT2D eigenvalue weighted by Gasteiger charge is 2.23. The van der Waals surface area contributed by atoms with Gasteiger partial charge in [-0.1, -0.05) is 291 Å². The first kappa shape index (κ1) is 74.5. The molecule has 0 saturated heterocycles. The van der Waals surface area contributed by atoms with Crippen LogP contribution in [-0.4, -0.2) is 0 Å². The highest BCUT2D eigenvalue weighted by Crippen LogP contribution is 2.47. The van der Waals surface area contributed by atoms with Gasteiger partial charge >= 0.3 is 0 Å². The molecule has 0 unspecified atom stereocenters. The fourth-order valence-electron chi connectivity index (χ4n) is 17.3. The topological polar surface area (TPSA) is 39.2 Å². The number of anilines is 12. The SMILES string of the molecule is c1ccc(-c2ccc(-c3ccc(N(c4ccccc4)c4ccc(-c5ccc(N(c6ccc(-c7ccc(N(c8ccc(-c9ccc(N(c%10ccccc%10)c%10ccc(-c%11ccc(-c%12ccccc%12)s%11)cc%10)cc9)cc8)c8ccc(-c9cccc%10c9oc9ccccc9%10)cc8)cc7)cc6)c6ccc(-c7cccc8c7oc7ccccc78)cc6)cc5)cc4)cc3)s2)cc1. The zero-order valence-electron chi connectivity index (χ0n) is 67.5. The predicted octanol–water partition coefficient (Wildman–Crippen LogP) is 34.5. The van der Waals surface area contributed by atoms with Gasteiger partial charge in [0.25, 0.3) is 0 Å². The van der Waals surface area contributed by atoms with Gasteiger partial charge < -0.3 is 28.4 Å². The monoisotopic (exact) mass is 1620 g/mol. The second kappa shape index (κ2) is 32.7. The molecule has 124 heavy (non-hydrogen) atoms. The molecular weight excluding hydrogens is 1550 g/mol. The van der Waals surface area contributed by atoms with Gasteiger partial charge in [-0.15, -0.1) is 22.7 Å². The summed E-state index contributed by atoms with van der Waals surface area (Å²) in [6, 6.07) is 170. The molecule has 6 nitrogen and oxygen atoms in total. The molecule has 0 amide bonds. The van der Waals surface area contributed by atoms with E-state index in [4.69, 9.17) is 8.83 Å². The van der Waals surface area contributed by atoms with E-state index in [0.29, 0.717) is 0 Å². The lowest BCUT2D eigenvalue weighted by atomic mass is 10.0. The van der Waals surface area contributed by atoms with Crippen LogP contribution in [-0.2, 0) is 0 Å². The summed E-state index contributed by atoms with van der Waals surface area (Å²) < 4.78 is 13.1. The summed E-state index contributed by atoms with van der Waals surface area (Å²) in [5.41, 5.74) is 32.0. The Kier molecular flexibility index (Phi) is 19.6. The van der Waals surface area contributed by atoms with Crippen LogP contribution in [0.2, 0.25) is 0 Å². The lowest BCUT2D eigenvalue weighted by Gasteiger charge is -2.27. The van der Waals surface area contributed by atoms with Crippen molar-refractivity contribution in [2.24, 2.45) is 0 Å². The first-order chi connectivity index (χ1) is 61.4. The van der Waals surface area contributed by atoms with Crippen molar-refractivity contribution in [1.82, 2.24) is 0 Å². The molecule has 0 saturated carbocycles. The number of para-hydroxylation sites is 6. The average Bonchev–Trinajstić information content (AvgIpc) is 1.57. The van der Waals surface area contributed by atoms with Crippen LogP contribution in [0.1, 0.15) is 0 Å². The average molecular weight is 1620 g/mol. The van der Waals surface area contributed by atoms with Crippen molar-refractivity contribution in [2.75, 3.05) is 19.6 Å². The molecule has 4 heterocycles. The first-order valence-corrected chi connectivity index (χ1v) is 43.5. The van der Waals surface area contributed by atoms with Gasteiger partial charge in [-0.25, -0.2) is 0 Å². The lowest BCUT2D eigenvalue weighted by Crippen LogP contribution is -2.10. The van der Waals surface area contributed by atoms with Gasteiger partial charge in [0.15, 0.2) is 0 Å². The Balaban J connectivity index is 0.562. The summed E-state index contributed by atoms with van der Waals surface area (Å²) in [5.74, 6) is 0. The first-order valence-electron chi connectivity index (χ1n) is 41.9. The molecule has 0 aliphatic rings. The number of hydrogen-bond donors (Lipinski definition) is 0. The minimum atomic E-state index is 0.882. The summed E-state index contributed by atoms with van der Waals surface area (Å²) in [6.07, 6.45) is 0. The predicted molar refractivity (Wildman–Crippen MR) is 524 cm³/mol. The molecule has 8 heteroatoms. The van der Waals surface area contributed by atoms with Crippen molar-refractivity contribution >= 4 is 135 Å². The van der Waals surface area contributed by atoms with E-state index in [1.165, 1.54) is 41.8 Å². The Morgan fingerprint density at radius 3 is 0.589 bits per heavy atom. The fraction of sp³-hybridized carbons (Fsp3) is 0. The van der Waals surface area contributed by atoms with Crippen LogP contribution in [0.3, 0.4) is 0 Å². The lowest BCUT2D eigenvalue weighted by molar-refractivity contribution is 0.669. The third-order valence-electron chi connectivity index (χ3n) is 23.6. The zero-order valence-corrected chi connectivity index (χ0v) is 69.1. The van der Waals surface area contributed by atoms with E-state index in [2.05, 4.69) is 469 Å². The van der Waals surface area contributed by atoms with E-state index in [1.807, 2.05) is 46.9 Å². The van der Waals surface area contributed by atoms with E-state index >= 15 is 0 Å². The van der Waals surface area contributed by atoms with Crippen LogP contribution >= 0.6 is 22.7 Å². The molecule has 0 N–H and O–H groups in total. The van der Waals surface area contributed by atoms with E-state index in [-0.39, 0.29) is 0 Å². The van der Waals surface area contributed by atoms with Crippen molar-refractivity contribution in [1.29, 1.82) is 0 Å². The van der Waals surface area contributed by atoms with Gasteiger partial charge in [-0.2, -0.15) is 0 Å². The van der Waals surface area contributed by atoms with Crippen molar-refractivity contribution in [3.63, 3.8) is 0 Å². The largest absolute Gasteiger partial charge is 0.455 e. The number of benzene rings is 18. The Labute approximate surface area is 728 Å². The van der Waals surface area contributed by atoms with Crippen molar-refractivity contribution in [3.05, 3.63) is 473 Å². The van der Waals surface area contributed by atoms with Gasteiger partial charge in [-0.3, -0.25) is 0 Å². The maximum atomic E-state index is 6.57. The van der Waals surface area contributed by atoms with Gasteiger partial charge in [-0.05, 0) is 249 Å². The number of thiophene rings is 2. The Morgan fingerprint density at radius 1 is 0.137 bits per heavy atom. The van der Waals surface area contributed by atoms with E-state index < -0.39 is 0 Å². The Hall–Kier alpha value is -15.8. The summed E-state index contributed by atoms with van der Waals surface area (Å²) in [6.45, 7) is 0. The molecule has 0 spiro atoms. The molecular formula is C116H78N4O2S2. The Bertz CT molecular complexity index is 7050. The van der Waals surface area contributed by atoms with E-state index in [0.717, 1.165) is 168 Å². The minimum absolute atomic E-state index is 0.882. The molecule has 18 aromatic carbocycles. The van der Waals surface area contributed by atoms with E-state index in [1.54, 1.807) is 0 Å². The van der Waals surface area contributed by atoms with E-state index in [9.17, 15) is 0 Å². The molecule has 0 radical (unpaired) electrons. The second-order valence-electron chi connectivity index (χ2n) is 31.1. The fourth-order valence-corrected chi connectivity index (χ4v) is 19.4. The van der Waals surface area contributed by atoms with Crippen molar-refractivity contribution in [2.45, 2.75) is 0 Å². The van der Waals surface area contributed by atoms with Gasteiger partial charge in [0.1, 0.15) is 22.3 Å². The Morgan fingerprint density at radius 2 is 0.331 bits per heavy atom. The molecule has 0 fully saturated rings. The quantitative estimate of drug-likeness (QED) is 0.0714. The van der Waals surface area contributed by atoms with Crippen molar-refractivity contribution < 1.29 is 8.83 Å². The minimum Gasteiger partial charge on any atom is -0.455 e. The summed E-state index contributed by atoms with van der Waals surface area (Å²) >= 11 is 3.64. The second-order valence-corrected chi connectivity index (χ2v) is 33.3. The third-order valence-corrected chi connectivity index (χ3v) is 26.0. The summed E-state index contributed by atoms with van der Waals surface area (Å²) in [5, 5.41) is 4.44. The zero-order chi connectivity index (χ0) is 82.2. The standard InChI is InChI=1S/C116H78N4O2S2/c1-5-19-87(20-6-1)111-75-77-113(123-111)89-51-71-101(72-52-89)117(91-23-9-3-10-24-91)93-55-35-79(36-56-93)81-39-59-95(60-40-81)119(99-67-47-85(48-68-99)103-29-17-31-107-105-27-13-15-33-109(105)121-115(103)107)97-63-43-83(44-64-97)84-45-65-98(66-46-84)120(100-69-49-86(50-70-100)104-30-18-32-108-106-28-14-16-34-110(106)122-116(104)108)96-61-41-82(42-62-96)80-37-57-94(58-38-80)118(92-25-11-4-12-26-92)102-73-53-90(54-74-102)114-78-76-112(124-114)88-21-7-2-8-22-88/h1-78H. The molecule has 0 aliphatic heterocycles. The number of hydrogen-bond acceptors (Lipinski definition) is 8. The molecule has 22 aromatic rings. The number of nitrogens with zero attached hydrogens (tertiary/aromatic N) is 4. The molecule has 22 rings (SSSR count). The number of furan rings is 2. The smallest absolute Gasteiger partial charge is 0.143 e. The van der Waals surface area contributed by atoms with Crippen LogP contribution in [0.4, 0.5) is 68.2 Å². The highest BCUT2D eigenvalue weighted by molar-refractivity contribution is 7.19. The van der Waals surface area contributed by atoms with Crippen LogP contribution in [0.25, 0.3) is 141 Å².